The van der Waals surface area contributed by atoms with E-state index in [1.54, 1.807) is 0 Å². The second-order valence-corrected chi connectivity index (χ2v) is 7.04. The number of Topliss-reactive ketones (excluding diaryl/α,β-unsaturated/α-hetero) is 1. The zero-order valence-electron chi connectivity index (χ0n) is 14.2. The van der Waals surface area contributed by atoms with Crippen molar-refractivity contribution < 1.29 is 14.7 Å². The van der Waals surface area contributed by atoms with E-state index in [4.69, 9.17) is 4.84 Å². The molecule has 0 aromatic carbocycles. The number of aliphatic hydroxyl groups is 1. The molecule has 0 saturated carbocycles. The average molecular weight is 327 g/mol. The van der Waals surface area contributed by atoms with Crippen molar-refractivity contribution >= 4 is 23.3 Å². The smallest absolute Gasteiger partial charge is 0.168 e. The largest absolute Gasteiger partial charge is 0.511 e. The highest BCUT2D eigenvalue weighted by Crippen LogP contribution is 2.35. The standard InChI is InChI=1S/C17H29NO3S/c1-5-9-13(18-21-7-3)17-14(19)10-12(11-15(17)20)16(6-2)22-8-4/h12,16,19H,5-11H2,1-4H3. The highest BCUT2D eigenvalue weighted by Gasteiger charge is 2.34. The van der Waals surface area contributed by atoms with Gasteiger partial charge >= 0.3 is 0 Å². The maximum Gasteiger partial charge on any atom is 0.168 e. The minimum atomic E-state index is 0.0100. The Hall–Kier alpha value is -0.970. The van der Waals surface area contributed by atoms with Gasteiger partial charge in [-0.15, -0.1) is 0 Å². The summed E-state index contributed by atoms with van der Waals surface area (Å²) in [5.41, 5.74) is 1.00. The van der Waals surface area contributed by atoms with E-state index in [1.807, 2.05) is 25.6 Å². The fraction of sp³-hybridized carbons (Fsp3) is 0.765. The van der Waals surface area contributed by atoms with Crippen LogP contribution in [0.5, 0.6) is 0 Å². The third-order valence-electron chi connectivity index (χ3n) is 3.86. The summed E-state index contributed by atoms with van der Waals surface area (Å²) >= 11 is 1.88. The van der Waals surface area contributed by atoms with Crippen LogP contribution in [-0.2, 0) is 9.63 Å². The Morgan fingerprint density at radius 2 is 2.09 bits per heavy atom. The summed E-state index contributed by atoms with van der Waals surface area (Å²) in [6, 6.07) is 0. The Balaban J connectivity index is 2.98. The second kappa shape index (κ2) is 9.93. The number of allylic oxidation sites excluding steroid dienone is 2. The quantitative estimate of drug-likeness (QED) is 0.500. The number of rotatable bonds is 9. The monoisotopic (exact) mass is 327 g/mol. The van der Waals surface area contributed by atoms with Gasteiger partial charge in [-0.05, 0) is 31.4 Å². The first-order valence-electron chi connectivity index (χ1n) is 8.34. The SMILES string of the molecule is CCCC(=NOCC)C1=C(O)CC(C(CC)SCC)CC1=O. The summed E-state index contributed by atoms with van der Waals surface area (Å²) in [6.45, 7) is 8.62. The van der Waals surface area contributed by atoms with Crippen LogP contribution in [0.25, 0.3) is 0 Å². The van der Waals surface area contributed by atoms with Crippen molar-refractivity contribution in [2.45, 2.75) is 65.0 Å². The molecular formula is C17H29NO3S. The van der Waals surface area contributed by atoms with Gasteiger partial charge in [0.15, 0.2) is 5.78 Å². The number of thioether (sulfide) groups is 1. The molecule has 0 heterocycles. The van der Waals surface area contributed by atoms with Crippen molar-refractivity contribution in [1.29, 1.82) is 0 Å². The molecule has 0 aliphatic heterocycles. The molecule has 2 atom stereocenters. The molecule has 0 aromatic heterocycles. The minimum Gasteiger partial charge on any atom is -0.511 e. The molecule has 0 bridgehead atoms. The van der Waals surface area contributed by atoms with Crippen molar-refractivity contribution in [2.24, 2.45) is 11.1 Å². The maximum absolute atomic E-state index is 12.6. The fourth-order valence-corrected chi connectivity index (χ4v) is 4.04. The van der Waals surface area contributed by atoms with Crippen LogP contribution in [0.1, 0.15) is 59.8 Å². The van der Waals surface area contributed by atoms with Gasteiger partial charge in [0, 0.05) is 18.1 Å². The van der Waals surface area contributed by atoms with Gasteiger partial charge in [-0.3, -0.25) is 4.79 Å². The summed E-state index contributed by atoms with van der Waals surface area (Å²) in [5.74, 6) is 1.47. The Labute approximate surface area is 138 Å². The molecule has 2 unspecified atom stereocenters. The molecule has 0 aromatic rings. The van der Waals surface area contributed by atoms with Crippen LogP contribution in [0.15, 0.2) is 16.5 Å². The van der Waals surface area contributed by atoms with Gasteiger partial charge in [-0.1, -0.05) is 32.3 Å². The second-order valence-electron chi connectivity index (χ2n) is 5.52. The van der Waals surface area contributed by atoms with Crippen LogP contribution < -0.4 is 0 Å². The van der Waals surface area contributed by atoms with E-state index in [2.05, 4.69) is 19.0 Å². The minimum absolute atomic E-state index is 0.0100. The fourth-order valence-electron chi connectivity index (χ4n) is 2.91. The third kappa shape index (κ3) is 5.04. The molecular weight excluding hydrogens is 298 g/mol. The lowest BCUT2D eigenvalue weighted by atomic mass is 9.82. The molecule has 4 nitrogen and oxygen atoms in total. The summed E-state index contributed by atoms with van der Waals surface area (Å²) < 4.78 is 0. The normalized spacial score (nSPS) is 21.2. The molecule has 0 spiro atoms. The number of aliphatic hydroxyl groups excluding tert-OH is 1. The predicted molar refractivity (Wildman–Crippen MR) is 93.6 cm³/mol. The molecule has 0 fully saturated rings. The Morgan fingerprint density at radius 1 is 1.36 bits per heavy atom. The van der Waals surface area contributed by atoms with E-state index in [1.165, 1.54) is 0 Å². The van der Waals surface area contributed by atoms with E-state index in [0.29, 0.717) is 42.4 Å². The first kappa shape index (κ1) is 19.1. The van der Waals surface area contributed by atoms with E-state index >= 15 is 0 Å². The molecule has 1 aliphatic carbocycles. The average Bonchev–Trinajstić information content (AvgIpc) is 2.49. The summed E-state index contributed by atoms with van der Waals surface area (Å²) in [6.07, 6.45) is 3.61. The van der Waals surface area contributed by atoms with Crippen molar-refractivity contribution in [3.05, 3.63) is 11.3 Å². The molecule has 0 radical (unpaired) electrons. The van der Waals surface area contributed by atoms with Crippen molar-refractivity contribution in [3.8, 4) is 0 Å². The number of carbonyl (C=O) groups excluding carboxylic acids is 1. The van der Waals surface area contributed by atoms with Crippen LogP contribution in [0.4, 0.5) is 0 Å². The topological polar surface area (TPSA) is 58.9 Å². The van der Waals surface area contributed by atoms with Crippen LogP contribution in [0, 0.1) is 5.92 Å². The molecule has 22 heavy (non-hydrogen) atoms. The van der Waals surface area contributed by atoms with E-state index in [9.17, 15) is 9.90 Å². The van der Waals surface area contributed by atoms with Crippen LogP contribution >= 0.6 is 11.8 Å². The number of hydrogen-bond donors (Lipinski definition) is 1. The van der Waals surface area contributed by atoms with Gasteiger partial charge in [0.1, 0.15) is 12.4 Å². The van der Waals surface area contributed by atoms with Gasteiger partial charge in [-0.25, -0.2) is 0 Å². The molecule has 1 rings (SSSR count). The Kier molecular flexibility index (Phi) is 8.61. The molecule has 1 N–H and O–H groups in total. The Morgan fingerprint density at radius 3 is 2.59 bits per heavy atom. The molecule has 0 saturated heterocycles. The van der Waals surface area contributed by atoms with Gasteiger partial charge in [0.25, 0.3) is 0 Å². The zero-order valence-corrected chi connectivity index (χ0v) is 15.0. The number of hydrogen-bond acceptors (Lipinski definition) is 5. The molecule has 5 heteroatoms. The van der Waals surface area contributed by atoms with Gasteiger partial charge in [-0.2, -0.15) is 11.8 Å². The maximum atomic E-state index is 12.6. The first-order valence-corrected chi connectivity index (χ1v) is 9.39. The third-order valence-corrected chi connectivity index (χ3v) is 5.34. The van der Waals surface area contributed by atoms with Crippen LogP contribution in [0.2, 0.25) is 0 Å². The first-order chi connectivity index (χ1) is 10.6. The van der Waals surface area contributed by atoms with Gasteiger partial charge in [0.2, 0.25) is 0 Å². The van der Waals surface area contributed by atoms with Gasteiger partial charge < -0.3 is 9.94 Å². The predicted octanol–water partition coefficient (Wildman–Crippen LogP) is 4.50. The van der Waals surface area contributed by atoms with Gasteiger partial charge in [0.05, 0.1) is 11.3 Å². The van der Waals surface area contributed by atoms with Crippen LogP contribution in [-0.4, -0.2) is 34.2 Å². The number of oxime groups is 1. The lowest BCUT2D eigenvalue weighted by Gasteiger charge is -2.29. The molecule has 1 aliphatic rings. The molecule has 0 amide bonds. The number of carbonyl (C=O) groups is 1. The summed E-state index contributed by atoms with van der Waals surface area (Å²) in [5, 5.41) is 14.9. The van der Waals surface area contributed by atoms with Crippen molar-refractivity contribution in [3.63, 3.8) is 0 Å². The Bertz CT molecular complexity index is 432. The van der Waals surface area contributed by atoms with Crippen molar-refractivity contribution in [2.75, 3.05) is 12.4 Å². The van der Waals surface area contributed by atoms with Crippen LogP contribution in [0.3, 0.4) is 0 Å². The lowest BCUT2D eigenvalue weighted by molar-refractivity contribution is -0.116. The molecule has 126 valence electrons. The number of ketones is 1. The zero-order chi connectivity index (χ0) is 16.5. The van der Waals surface area contributed by atoms with E-state index < -0.39 is 0 Å². The van der Waals surface area contributed by atoms with E-state index in [0.717, 1.165) is 18.6 Å². The highest BCUT2D eigenvalue weighted by atomic mass is 32.2. The lowest BCUT2D eigenvalue weighted by Crippen LogP contribution is -2.30. The summed E-state index contributed by atoms with van der Waals surface area (Å²) in [7, 11) is 0. The number of nitrogens with zero attached hydrogens (tertiary/aromatic N) is 1. The highest BCUT2D eigenvalue weighted by molar-refractivity contribution is 7.99. The van der Waals surface area contributed by atoms with Crippen molar-refractivity contribution in [1.82, 2.24) is 0 Å². The van der Waals surface area contributed by atoms with E-state index in [-0.39, 0.29) is 17.5 Å². The summed E-state index contributed by atoms with van der Waals surface area (Å²) in [4.78, 5) is 17.7.